The molecule has 0 unspecified atom stereocenters. The summed E-state index contributed by atoms with van der Waals surface area (Å²) in [4.78, 5) is 25.6. The van der Waals surface area contributed by atoms with E-state index in [1.165, 1.54) is 0 Å². The predicted molar refractivity (Wildman–Crippen MR) is 117 cm³/mol. The van der Waals surface area contributed by atoms with E-state index in [0.29, 0.717) is 10.6 Å². The Kier molecular flexibility index (Phi) is 5.63. The van der Waals surface area contributed by atoms with Crippen molar-refractivity contribution in [2.45, 2.75) is 19.0 Å². The van der Waals surface area contributed by atoms with E-state index >= 15 is 0 Å². The van der Waals surface area contributed by atoms with Crippen LogP contribution in [0, 0.1) is 6.92 Å². The normalized spacial score (nSPS) is 19.5. The Morgan fingerprint density at radius 2 is 1.67 bits per heavy atom. The lowest BCUT2D eigenvalue weighted by Crippen LogP contribution is -2.42. The van der Waals surface area contributed by atoms with Crippen molar-refractivity contribution in [1.82, 2.24) is 10.7 Å². The van der Waals surface area contributed by atoms with E-state index in [-0.39, 0.29) is 11.8 Å². The number of carbonyl (C=O) groups excluding carboxylic acids is 2. The van der Waals surface area contributed by atoms with Crippen LogP contribution in [0.15, 0.2) is 78.9 Å². The van der Waals surface area contributed by atoms with Crippen molar-refractivity contribution >= 4 is 29.6 Å². The molecule has 2 amide bonds. The number of benzene rings is 3. The molecule has 5 nitrogen and oxygen atoms in total. The topological polar surface area (TPSA) is 61.2 Å². The third kappa shape index (κ3) is 4.26. The maximum absolute atomic E-state index is 12.8. The van der Waals surface area contributed by atoms with E-state index in [1.54, 1.807) is 28.9 Å². The summed E-state index contributed by atoms with van der Waals surface area (Å²) in [5, 5.41) is 3.43. The Morgan fingerprint density at radius 1 is 1.00 bits per heavy atom. The maximum Gasteiger partial charge on any atom is 0.304 e. The van der Waals surface area contributed by atoms with Crippen LogP contribution in [0.25, 0.3) is 0 Å². The molecule has 1 aliphatic rings. The molecule has 150 valence electrons. The summed E-state index contributed by atoms with van der Waals surface area (Å²) in [6.45, 7) is 2.02. The molecule has 1 saturated heterocycles. The fourth-order valence-electron chi connectivity index (χ4n) is 3.47. The fraction of sp³-hybridized carbons (Fsp3) is 0.125. The zero-order chi connectivity index (χ0) is 21.1. The van der Waals surface area contributed by atoms with Crippen LogP contribution in [0.4, 0.5) is 0 Å². The monoisotopic (exact) mass is 418 g/mol. The van der Waals surface area contributed by atoms with Crippen molar-refractivity contribution in [1.29, 1.82) is 0 Å². The Bertz CT molecular complexity index is 1090. The molecule has 6 heteroatoms. The SMILES string of the molecule is Cc1ccc(/C=[N+]2\NC(=O)[C@H](NC(=O)c3ccc(Cl)cc3)[C@H]2c2ccccc2)cc1. The van der Waals surface area contributed by atoms with Crippen LogP contribution in [0.3, 0.4) is 0 Å². The summed E-state index contributed by atoms with van der Waals surface area (Å²) in [6.07, 6.45) is 1.88. The van der Waals surface area contributed by atoms with E-state index in [9.17, 15) is 9.59 Å². The van der Waals surface area contributed by atoms with Crippen LogP contribution >= 0.6 is 11.6 Å². The molecular weight excluding hydrogens is 398 g/mol. The van der Waals surface area contributed by atoms with Gasteiger partial charge in [-0.15, -0.1) is 10.1 Å². The van der Waals surface area contributed by atoms with Gasteiger partial charge in [0, 0.05) is 21.7 Å². The third-order valence-electron chi connectivity index (χ3n) is 5.04. The minimum absolute atomic E-state index is 0.269. The summed E-state index contributed by atoms with van der Waals surface area (Å²) in [7, 11) is 0. The molecule has 0 spiro atoms. The van der Waals surface area contributed by atoms with E-state index in [2.05, 4.69) is 10.7 Å². The van der Waals surface area contributed by atoms with E-state index in [0.717, 1.165) is 16.7 Å². The highest BCUT2D eigenvalue weighted by atomic mass is 35.5. The highest BCUT2D eigenvalue weighted by Gasteiger charge is 2.47. The van der Waals surface area contributed by atoms with Gasteiger partial charge in [0.1, 0.15) is 0 Å². The quantitative estimate of drug-likeness (QED) is 0.635. The van der Waals surface area contributed by atoms with Gasteiger partial charge < -0.3 is 5.32 Å². The zero-order valence-electron chi connectivity index (χ0n) is 16.4. The van der Waals surface area contributed by atoms with Crippen LogP contribution in [0.5, 0.6) is 0 Å². The molecule has 30 heavy (non-hydrogen) atoms. The molecule has 1 aliphatic heterocycles. The number of carbonyl (C=O) groups is 2. The molecule has 2 N–H and O–H groups in total. The molecule has 3 aromatic rings. The second-order valence-electron chi connectivity index (χ2n) is 7.24. The van der Waals surface area contributed by atoms with Crippen molar-refractivity contribution in [3.8, 4) is 0 Å². The number of hydrazone groups is 1. The first-order valence-electron chi connectivity index (χ1n) is 9.63. The predicted octanol–water partition coefficient (Wildman–Crippen LogP) is 3.66. The molecule has 0 saturated carbocycles. The lowest BCUT2D eigenvalue weighted by molar-refractivity contribution is -0.596. The largest absolute Gasteiger partial charge is 0.334 e. The van der Waals surface area contributed by atoms with E-state index in [1.807, 2.05) is 67.7 Å². The van der Waals surface area contributed by atoms with E-state index < -0.39 is 12.1 Å². The average molecular weight is 419 g/mol. The lowest BCUT2D eigenvalue weighted by atomic mass is 10.00. The van der Waals surface area contributed by atoms with E-state index in [4.69, 9.17) is 11.6 Å². The summed E-state index contributed by atoms with van der Waals surface area (Å²) in [6, 6.07) is 23.1. The van der Waals surface area contributed by atoms with Gasteiger partial charge in [0.15, 0.2) is 6.04 Å². The van der Waals surface area contributed by atoms with Crippen molar-refractivity contribution in [2.24, 2.45) is 0 Å². The van der Waals surface area contributed by atoms with Gasteiger partial charge in [0.25, 0.3) is 5.91 Å². The van der Waals surface area contributed by atoms with Gasteiger partial charge in [-0.3, -0.25) is 9.59 Å². The molecule has 0 aliphatic carbocycles. The zero-order valence-corrected chi connectivity index (χ0v) is 17.1. The second-order valence-corrected chi connectivity index (χ2v) is 7.67. The minimum Gasteiger partial charge on any atom is -0.334 e. The summed E-state index contributed by atoms with van der Waals surface area (Å²) in [5.74, 6) is -0.598. The Labute approximate surface area is 180 Å². The first-order chi connectivity index (χ1) is 14.5. The lowest BCUT2D eigenvalue weighted by Gasteiger charge is -2.14. The van der Waals surface area contributed by atoms with Crippen molar-refractivity contribution in [3.05, 3.63) is 106 Å². The Hall–Kier alpha value is -3.44. The molecule has 0 aromatic heterocycles. The van der Waals surface area contributed by atoms with Gasteiger partial charge in [0.05, 0.1) is 0 Å². The molecule has 0 bridgehead atoms. The molecule has 3 aromatic carbocycles. The molecule has 1 fully saturated rings. The number of nitrogens with one attached hydrogen (secondary N) is 2. The van der Waals surface area contributed by atoms with Crippen molar-refractivity contribution < 1.29 is 14.3 Å². The summed E-state index contributed by atoms with van der Waals surface area (Å²) < 4.78 is 1.76. The number of aryl methyl sites for hydroxylation is 1. The fourth-order valence-corrected chi connectivity index (χ4v) is 3.60. The van der Waals surface area contributed by atoms with Crippen LogP contribution < -0.4 is 10.7 Å². The number of amides is 2. The van der Waals surface area contributed by atoms with Gasteiger partial charge in [-0.05, 0) is 43.3 Å². The maximum atomic E-state index is 12.8. The number of hydrogen-bond acceptors (Lipinski definition) is 2. The highest BCUT2D eigenvalue weighted by Crippen LogP contribution is 2.25. The van der Waals surface area contributed by atoms with Gasteiger partial charge >= 0.3 is 5.91 Å². The van der Waals surface area contributed by atoms with Gasteiger partial charge in [-0.2, -0.15) is 0 Å². The van der Waals surface area contributed by atoms with Gasteiger partial charge in [-0.25, -0.2) is 0 Å². The third-order valence-corrected chi connectivity index (χ3v) is 5.29. The number of halogens is 1. The summed E-state index contributed by atoms with van der Waals surface area (Å²) >= 11 is 5.91. The molecule has 1 heterocycles. The molecule has 2 atom stereocenters. The second kappa shape index (κ2) is 8.51. The standard InChI is InChI=1S/C24H20ClN3O2/c1-16-7-9-17(10-8-16)15-28-22(18-5-3-2-4-6-18)21(24(30)27-28)26-23(29)19-11-13-20(25)14-12-19/h2-15,21-22H,1H3,(H-,26,27,29,30)/p+1/b28-15-/t21-,22-/m1/s1. The molecule has 4 rings (SSSR count). The number of hydrazine groups is 1. The first kappa shape index (κ1) is 19.9. The average Bonchev–Trinajstić information content (AvgIpc) is 3.05. The minimum atomic E-state index is -0.753. The Balaban J connectivity index is 1.68. The van der Waals surface area contributed by atoms with Gasteiger partial charge in [-0.1, -0.05) is 59.6 Å². The highest BCUT2D eigenvalue weighted by molar-refractivity contribution is 6.30. The summed E-state index contributed by atoms with van der Waals surface area (Å²) in [5.41, 5.74) is 6.35. The number of nitrogens with zero attached hydrogens (tertiary/aromatic N) is 1. The van der Waals surface area contributed by atoms with Crippen LogP contribution in [0.2, 0.25) is 5.02 Å². The van der Waals surface area contributed by atoms with Crippen molar-refractivity contribution in [3.63, 3.8) is 0 Å². The Morgan fingerprint density at radius 3 is 2.33 bits per heavy atom. The molecular formula is C24H21ClN3O2+. The van der Waals surface area contributed by atoms with Gasteiger partial charge in [0.2, 0.25) is 12.3 Å². The smallest absolute Gasteiger partial charge is 0.304 e. The van der Waals surface area contributed by atoms with Crippen LogP contribution in [0.1, 0.15) is 33.1 Å². The van der Waals surface area contributed by atoms with Crippen LogP contribution in [-0.2, 0) is 4.79 Å². The number of rotatable bonds is 4. The van der Waals surface area contributed by atoms with Crippen LogP contribution in [-0.4, -0.2) is 28.8 Å². The number of hydrogen-bond donors (Lipinski definition) is 2. The molecule has 0 radical (unpaired) electrons. The first-order valence-corrected chi connectivity index (χ1v) is 10.0. The van der Waals surface area contributed by atoms with Crippen molar-refractivity contribution in [2.75, 3.05) is 0 Å².